The molecule has 0 radical (unpaired) electrons. The highest BCUT2D eigenvalue weighted by atomic mass is 16.1. The molecule has 72 valence electrons. The fourth-order valence-electron chi connectivity index (χ4n) is 1.35. The van der Waals surface area contributed by atoms with Gasteiger partial charge in [0.2, 0.25) is 0 Å². The Bertz CT molecular complexity index is 291. The molecule has 13 heavy (non-hydrogen) atoms. The van der Waals surface area contributed by atoms with Crippen molar-refractivity contribution in [3.05, 3.63) is 18.2 Å². The first-order chi connectivity index (χ1) is 6.13. The van der Waals surface area contributed by atoms with E-state index in [2.05, 4.69) is 4.98 Å². The van der Waals surface area contributed by atoms with Crippen molar-refractivity contribution in [3.8, 4) is 0 Å². The van der Waals surface area contributed by atoms with Crippen LogP contribution in [0.2, 0.25) is 0 Å². The van der Waals surface area contributed by atoms with E-state index in [1.54, 1.807) is 6.33 Å². The second-order valence-electron chi connectivity index (χ2n) is 3.46. The van der Waals surface area contributed by atoms with Gasteiger partial charge >= 0.3 is 0 Å². The highest BCUT2D eigenvalue weighted by Crippen LogP contribution is 2.08. The lowest BCUT2D eigenvalue weighted by atomic mass is 9.99. The van der Waals surface area contributed by atoms with Gasteiger partial charge in [0.05, 0.1) is 12.0 Å². The third-order valence-corrected chi connectivity index (χ3v) is 2.17. The van der Waals surface area contributed by atoms with Crippen molar-refractivity contribution >= 4 is 5.78 Å². The number of imidazole rings is 1. The molecule has 0 bridgehead atoms. The molecule has 0 N–H and O–H groups in total. The van der Waals surface area contributed by atoms with E-state index in [0.29, 0.717) is 12.2 Å². The van der Waals surface area contributed by atoms with Gasteiger partial charge in [0.1, 0.15) is 5.78 Å². The number of carbonyl (C=O) groups excluding carboxylic acids is 1. The molecule has 1 heterocycles. The molecule has 3 nitrogen and oxygen atoms in total. The SMILES string of the molecule is CCC(=O)[C@@H](C)Cc1cn(C)cn1. The lowest BCUT2D eigenvalue weighted by Crippen LogP contribution is -2.12. The maximum Gasteiger partial charge on any atom is 0.135 e. The highest BCUT2D eigenvalue weighted by molar-refractivity contribution is 5.80. The minimum atomic E-state index is 0.0971. The van der Waals surface area contributed by atoms with Crippen molar-refractivity contribution in [3.63, 3.8) is 0 Å². The normalized spacial score (nSPS) is 12.8. The molecule has 0 aliphatic rings. The van der Waals surface area contributed by atoms with Gasteiger partial charge in [-0.3, -0.25) is 4.79 Å². The molecule has 1 atom stereocenters. The molecular formula is C10H16N2O. The summed E-state index contributed by atoms with van der Waals surface area (Å²) in [7, 11) is 1.93. The number of hydrogen-bond donors (Lipinski definition) is 0. The number of rotatable bonds is 4. The number of aromatic nitrogens is 2. The van der Waals surface area contributed by atoms with E-state index in [1.807, 2.05) is 31.7 Å². The number of carbonyl (C=O) groups is 1. The zero-order valence-electron chi connectivity index (χ0n) is 8.45. The Morgan fingerprint density at radius 1 is 1.69 bits per heavy atom. The van der Waals surface area contributed by atoms with Gasteiger partial charge in [-0.1, -0.05) is 13.8 Å². The summed E-state index contributed by atoms with van der Waals surface area (Å²) in [5, 5.41) is 0. The average Bonchev–Trinajstić information content (AvgIpc) is 2.49. The molecule has 3 heteroatoms. The molecule has 1 aromatic heterocycles. The second-order valence-corrected chi connectivity index (χ2v) is 3.46. The van der Waals surface area contributed by atoms with E-state index >= 15 is 0 Å². The standard InChI is InChI=1S/C10H16N2O/c1-4-10(13)8(2)5-9-6-12(3)7-11-9/h6-8H,4-5H2,1-3H3/t8-/m0/s1. The van der Waals surface area contributed by atoms with Crippen molar-refractivity contribution in [2.75, 3.05) is 0 Å². The first-order valence-electron chi connectivity index (χ1n) is 4.63. The van der Waals surface area contributed by atoms with Crippen molar-refractivity contribution in [2.45, 2.75) is 26.7 Å². The topological polar surface area (TPSA) is 34.9 Å². The maximum atomic E-state index is 11.3. The van der Waals surface area contributed by atoms with Crippen LogP contribution in [0.15, 0.2) is 12.5 Å². The van der Waals surface area contributed by atoms with E-state index in [-0.39, 0.29) is 5.92 Å². The lowest BCUT2D eigenvalue weighted by Gasteiger charge is -2.05. The minimum Gasteiger partial charge on any atom is -0.340 e. The summed E-state index contributed by atoms with van der Waals surface area (Å²) < 4.78 is 1.90. The van der Waals surface area contributed by atoms with Crippen molar-refractivity contribution in [2.24, 2.45) is 13.0 Å². The third kappa shape index (κ3) is 2.68. The summed E-state index contributed by atoms with van der Waals surface area (Å²) in [6, 6.07) is 0. The molecule has 0 aromatic carbocycles. The highest BCUT2D eigenvalue weighted by Gasteiger charge is 2.12. The zero-order chi connectivity index (χ0) is 9.84. The Hall–Kier alpha value is -1.12. The average molecular weight is 180 g/mol. The monoisotopic (exact) mass is 180 g/mol. The lowest BCUT2D eigenvalue weighted by molar-refractivity contribution is -0.122. The van der Waals surface area contributed by atoms with Crippen LogP contribution in [0.3, 0.4) is 0 Å². The quantitative estimate of drug-likeness (QED) is 0.705. The van der Waals surface area contributed by atoms with Crippen LogP contribution in [0.5, 0.6) is 0 Å². The van der Waals surface area contributed by atoms with Crippen LogP contribution in [-0.2, 0) is 18.3 Å². The molecule has 0 saturated carbocycles. The Morgan fingerprint density at radius 2 is 2.38 bits per heavy atom. The summed E-state index contributed by atoms with van der Waals surface area (Å²) in [4.78, 5) is 15.5. The van der Waals surface area contributed by atoms with Crippen LogP contribution in [0, 0.1) is 5.92 Å². The Labute approximate surface area is 78.8 Å². The van der Waals surface area contributed by atoms with Gasteiger partial charge in [-0.25, -0.2) is 4.98 Å². The molecule has 0 saturated heterocycles. The van der Waals surface area contributed by atoms with Crippen LogP contribution in [0.4, 0.5) is 0 Å². The third-order valence-electron chi connectivity index (χ3n) is 2.17. The summed E-state index contributed by atoms with van der Waals surface area (Å²) in [5.74, 6) is 0.408. The first-order valence-corrected chi connectivity index (χ1v) is 4.63. The fourth-order valence-corrected chi connectivity index (χ4v) is 1.35. The van der Waals surface area contributed by atoms with Crippen molar-refractivity contribution < 1.29 is 4.79 Å². The molecule has 0 amide bonds. The number of hydrogen-bond acceptors (Lipinski definition) is 2. The van der Waals surface area contributed by atoms with E-state index < -0.39 is 0 Å². The van der Waals surface area contributed by atoms with Gasteiger partial charge in [0.25, 0.3) is 0 Å². The Morgan fingerprint density at radius 3 is 2.85 bits per heavy atom. The fraction of sp³-hybridized carbons (Fsp3) is 0.600. The van der Waals surface area contributed by atoms with E-state index in [0.717, 1.165) is 12.1 Å². The van der Waals surface area contributed by atoms with Gasteiger partial charge in [0.15, 0.2) is 0 Å². The Balaban J connectivity index is 2.54. The van der Waals surface area contributed by atoms with Crippen LogP contribution in [-0.4, -0.2) is 15.3 Å². The molecule has 0 fully saturated rings. The van der Waals surface area contributed by atoms with Gasteiger partial charge in [0, 0.05) is 32.0 Å². The van der Waals surface area contributed by atoms with E-state index in [9.17, 15) is 4.79 Å². The molecule has 0 aliphatic carbocycles. The molecule has 1 aromatic rings. The van der Waals surface area contributed by atoms with Gasteiger partial charge in [-0.05, 0) is 0 Å². The molecule has 0 spiro atoms. The van der Waals surface area contributed by atoms with Crippen LogP contribution >= 0.6 is 0 Å². The van der Waals surface area contributed by atoms with Crippen LogP contribution < -0.4 is 0 Å². The predicted octanol–water partition coefficient (Wildman–Crippen LogP) is 1.58. The number of nitrogens with zero attached hydrogens (tertiary/aromatic N) is 2. The van der Waals surface area contributed by atoms with Crippen LogP contribution in [0.1, 0.15) is 26.0 Å². The second kappa shape index (κ2) is 4.21. The minimum absolute atomic E-state index is 0.0971. The number of Topliss-reactive ketones (excluding diaryl/α,β-unsaturated/α-hetero) is 1. The number of aryl methyl sites for hydroxylation is 1. The molecule has 0 aliphatic heterocycles. The summed E-state index contributed by atoms with van der Waals surface area (Å²) in [6.45, 7) is 3.86. The zero-order valence-corrected chi connectivity index (χ0v) is 8.45. The van der Waals surface area contributed by atoms with Crippen molar-refractivity contribution in [1.82, 2.24) is 9.55 Å². The van der Waals surface area contributed by atoms with Gasteiger partial charge < -0.3 is 4.57 Å². The smallest absolute Gasteiger partial charge is 0.135 e. The van der Waals surface area contributed by atoms with Crippen LogP contribution in [0.25, 0.3) is 0 Å². The maximum absolute atomic E-state index is 11.3. The summed E-state index contributed by atoms with van der Waals surface area (Å²) in [5.41, 5.74) is 0.997. The first kappa shape index (κ1) is 9.96. The van der Waals surface area contributed by atoms with E-state index in [4.69, 9.17) is 0 Å². The number of ketones is 1. The van der Waals surface area contributed by atoms with E-state index in [1.165, 1.54) is 0 Å². The summed E-state index contributed by atoms with van der Waals surface area (Å²) >= 11 is 0. The molecule has 1 rings (SSSR count). The Kier molecular flexibility index (Phi) is 3.23. The molecule has 0 unspecified atom stereocenters. The van der Waals surface area contributed by atoms with Gasteiger partial charge in [-0.2, -0.15) is 0 Å². The van der Waals surface area contributed by atoms with Crippen molar-refractivity contribution in [1.29, 1.82) is 0 Å². The largest absolute Gasteiger partial charge is 0.340 e. The summed E-state index contributed by atoms with van der Waals surface area (Å²) in [6.07, 6.45) is 5.10. The predicted molar refractivity (Wildman–Crippen MR) is 51.4 cm³/mol. The van der Waals surface area contributed by atoms with Gasteiger partial charge in [-0.15, -0.1) is 0 Å². The molecular weight excluding hydrogens is 164 g/mol.